The van der Waals surface area contributed by atoms with Crippen LogP contribution in [0.2, 0.25) is 5.02 Å². The molecule has 0 radical (unpaired) electrons. The van der Waals surface area contributed by atoms with Crippen molar-refractivity contribution in [3.8, 4) is 11.5 Å². The van der Waals surface area contributed by atoms with Crippen molar-refractivity contribution in [3.05, 3.63) is 58.6 Å². The van der Waals surface area contributed by atoms with Gasteiger partial charge in [0.15, 0.2) is 0 Å². The van der Waals surface area contributed by atoms with E-state index in [1.165, 1.54) is 13.3 Å². The molecule has 2 amide bonds. The number of nitrogens with one attached hydrogen (secondary N) is 2. The highest BCUT2D eigenvalue weighted by Crippen LogP contribution is 2.22. The minimum absolute atomic E-state index is 0.164. The quantitative estimate of drug-likeness (QED) is 0.509. The predicted octanol–water partition coefficient (Wildman–Crippen LogP) is 3.26. The summed E-state index contributed by atoms with van der Waals surface area (Å²) in [6.07, 6.45) is 1.45. The number of carbonyl (C=O) groups excluding carboxylic acids is 2. The molecule has 29 heavy (non-hydrogen) atoms. The molecule has 0 aliphatic heterocycles. The normalized spacial score (nSPS) is 11.9. The molecule has 7 nitrogen and oxygen atoms in total. The summed E-state index contributed by atoms with van der Waals surface area (Å²) in [5.74, 6) is 0.172. The lowest BCUT2D eigenvalue weighted by molar-refractivity contribution is -0.123. The Morgan fingerprint density at radius 1 is 1.10 bits per heavy atom. The maximum atomic E-state index is 12.6. The molecule has 2 N–H and O–H groups in total. The second kappa shape index (κ2) is 10.5. The molecule has 2 rings (SSSR count). The molecule has 0 heterocycles. The molecule has 0 fully saturated rings. The van der Waals surface area contributed by atoms with Crippen LogP contribution in [0.4, 0.5) is 0 Å². The van der Waals surface area contributed by atoms with Crippen LogP contribution in [0.25, 0.3) is 0 Å². The molecular formula is C21H24ClN3O4. The summed E-state index contributed by atoms with van der Waals surface area (Å²) in [6.45, 7) is 3.65. The highest BCUT2D eigenvalue weighted by Gasteiger charge is 2.25. The van der Waals surface area contributed by atoms with Gasteiger partial charge in [-0.25, -0.2) is 5.43 Å². The van der Waals surface area contributed by atoms with E-state index < -0.39 is 17.9 Å². The van der Waals surface area contributed by atoms with Gasteiger partial charge in [-0.1, -0.05) is 37.6 Å². The molecule has 0 aliphatic carbocycles. The number of halogens is 1. The van der Waals surface area contributed by atoms with Gasteiger partial charge in [-0.2, -0.15) is 5.10 Å². The highest BCUT2D eigenvalue weighted by molar-refractivity contribution is 6.33. The van der Waals surface area contributed by atoms with Crippen LogP contribution in [0.5, 0.6) is 11.5 Å². The van der Waals surface area contributed by atoms with Gasteiger partial charge in [-0.15, -0.1) is 0 Å². The minimum atomic E-state index is -0.789. The molecule has 1 atom stereocenters. The number of amides is 2. The molecule has 2 aromatic carbocycles. The Hall–Kier alpha value is -3.06. The molecule has 0 spiro atoms. The van der Waals surface area contributed by atoms with Crippen LogP contribution in [0, 0.1) is 5.92 Å². The average Bonchev–Trinajstić information content (AvgIpc) is 2.71. The summed E-state index contributed by atoms with van der Waals surface area (Å²) in [6, 6.07) is 11.1. The molecule has 0 bridgehead atoms. The molecular weight excluding hydrogens is 394 g/mol. The molecule has 154 valence electrons. The maximum absolute atomic E-state index is 12.6. The van der Waals surface area contributed by atoms with E-state index in [-0.39, 0.29) is 5.92 Å². The van der Waals surface area contributed by atoms with Gasteiger partial charge >= 0.3 is 0 Å². The number of hydrogen-bond acceptors (Lipinski definition) is 5. The number of benzene rings is 2. The van der Waals surface area contributed by atoms with Gasteiger partial charge in [0, 0.05) is 5.56 Å². The fraction of sp³-hybridized carbons (Fsp3) is 0.286. The molecule has 0 saturated heterocycles. The van der Waals surface area contributed by atoms with Crippen LogP contribution in [0.1, 0.15) is 29.8 Å². The summed E-state index contributed by atoms with van der Waals surface area (Å²) in [5, 5.41) is 7.01. The van der Waals surface area contributed by atoms with Crippen LogP contribution in [0.15, 0.2) is 47.6 Å². The lowest BCUT2D eigenvalue weighted by atomic mass is 10.0. The highest BCUT2D eigenvalue weighted by atomic mass is 35.5. The fourth-order valence-electron chi connectivity index (χ4n) is 2.57. The van der Waals surface area contributed by atoms with Crippen molar-refractivity contribution in [3.63, 3.8) is 0 Å². The van der Waals surface area contributed by atoms with Crippen LogP contribution < -0.4 is 20.2 Å². The van der Waals surface area contributed by atoms with E-state index in [2.05, 4.69) is 15.8 Å². The van der Waals surface area contributed by atoms with Gasteiger partial charge in [0.25, 0.3) is 11.8 Å². The zero-order chi connectivity index (χ0) is 21.4. The first-order valence-corrected chi connectivity index (χ1v) is 9.35. The Kier molecular flexibility index (Phi) is 8.03. The lowest BCUT2D eigenvalue weighted by Crippen LogP contribution is -2.48. The van der Waals surface area contributed by atoms with Gasteiger partial charge in [-0.05, 0) is 36.2 Å². The van der Waals surface area contributed by atoms with E-state index in [1.807, 2.05) is 13.8 Å². The van der Waals surface area contributed by atoms with E-state index >= 15 is 0 Å². The first kappa shape index (κ1) is 22.2. The fourth-order valence-corrected chi connectivity index (χ4v) is 2.80. The number of hydrogen-bond donors (Lipinski definition) is 2. The summed E-state index contributed by atoms with van der Waals surface area (Å²) >= 11 is 6.06. The zero-order valence-electron chi connectivity index (χ0n) is 16.7. The van der Waals surface area contributed by atoms with Gasteiger partial charge in [-0.3, -0.25) is 9.59 Å². The van der Waals surface area contributed by atoms with Gasteiger partial charge < -0.3 is 14.8 Å². The Morgan fingerprint density at radius 3 is 2.45 bits per heavy atom. The predicted molar refractivity (Wildman–Crippen MR) is 113 cm³/mol. The Labute approximate surface area is 175 Å². The third-order valence-corrected chi connectivity index (χ3v) is 4.50. The minimum Gasteiger partial charge on any atom is -0.497 e. The molecule has 0 aromatic heterocycles. The van der Waals surface area contributed by atoms with Crippen molar-refractivity contribution in [2.75, 3.05) is 14.2 Å². The van der Waals surface area contributed by atoms with Crippen molar-refractivity contribution in [1.82, 2.24) is 10.7 Å². The van der Waals surface area contributed by atoms with Crippen LogP contribution in [-0.4, -0.2) is 38.3 Å². The summed E-state index contributed by atoms with van der Waals surface area (Å²) in [7, 11) is 3.09. The maximum Gasteiger partial charge on any atom is 0.262 e. The third kappa shape index (κ3) is 5.96. The first-order valence-electron chi connectivity index (χ1n) is 8.97. The van der Waals surface area contributed by atoms with E-state index in [9.17, 15) is 9.59 Å². The van der Waals surface area contributed by atoms with Gasteiger partial charge in [0.1, 0.15) is 17.5 Å². The first-order chi connectivity index (χ1) is 13.9. The molecule has 0 saturated carbocycles. The van der Waals surface area contributed by atoms with Crippen molar-refractivity contribution in [1.29, 1.82) is 0 Å². The van der Waals surface area contributed by atoms with Gasteiger partial charge in [0.2, 0.25) is 0 Å². The molecule has 0 aliphatic rings. The summed E-state index contributed by atoms with van der Waals surface area (Å²) in [5.41, 5.74) is 3.39. The van der Waals surface area contributed by atoms with Gasteiger partial charge in [0.05, 0.1) is 31.0 Å². The van der Waals surface area contributed by atoms with Crippen molar-refractivity contribution in [2.45, 2.75) is 19.9 Å². The van der Waals surface area contributed by atoms with Crippen molar-refractivity contribution in [2.24, 2.45) is 11.0 Å². The van der Waals surface area contributed by atoms with E-state index in [0.29, 0.717) is 27.6 Å². The Balaban J connectivity index is 2.09. The second-order valence-corrected chi connectivity index (χ2v) is 6.92. The number of ether oxygens (including phenoxy) is 2. The number of rotatable bonds is 8. The largest absolute Gasteiger partial charge is 0.497 e. The topological polar surface area (TPSA) is 89.0 Å². The Bertz CT molecular complexity index is 899. The molecule has 2 aromatic rings. The smallest absolute Gasteiger partial charge is 0.262 e. The SMILES string of the molecule is COc1ccc(OC)c(C=NNC(=O)C(NC(=O)c2ccccc2Cl)C(C)C)c1. The number of carbonyl (C=O) groups is 2. The number of nitrogens with zero attached hydrogens (tertiary/aromatic N) is 1. The average molecular weight is 418 g/mol. The zero-order valence-corrected chi connectivity index (χ0v) is 17.5. The van der Waals surface area contributed by atoms with E-state index in [4.69, 9.17) is 21.1 Å². The van der Waals surface area contributed by atoms with Crippen LogP contribution in [-0.2, 0) is 4.79 Å². The van der Waals surface area contributed by atoms with E-state index in [0.717, 1.165) is 0 Å². The van der Waals surface area contributed by atoms with Crippen LogP contribution in [0.3, 0.4) is 0 Å². The van der Waals surface area contributed by atoms with Crippen molar-refractivity contribution >= 4 is 29.6 Å². The molecule has 8 heteroatoms. The second-order valence-electron chi connectivity index (χ2n) is 6.52. The number of methoxy groups -OCH3 is 2. The third-order valence-electron chi connectivity index (χ3n) is 4.17. The standard InChI is InChI=1S/C21H24ClN3O4/c1-13(2)19(24-20(26)16-7-5-6-8-17(16)22)21(27)25-23-12-14-11-15(28-3)9-10-18(14)29-4/h5-13,19H,1-4H3,(H,24,26)(H,25,27). The Morgan fingerprint density at radius 2 is 1.83 bits per heavy atom. The lowest BCUT2D eigenvalue weighted by Gasteiger charge is -2.20. The van der Waals surface area contributed by atoms with Crippen LogP contribution >= 0.6 is 11.6 Å². The van der Waals surface area contributed by atoms with Crippen molar-refractivity contribution < 1.29 is 19.1 Å². The molecule has 1 unspecified atom stereocenters. The summed E-state index contributed by atoms with van der Waals surface area (Å²) in [4.78, 5) is 25.1. The monoisotopic (exact) mass is 417 g/mol. The number of hydrazone groups is 1. The summed E-state index contributed by atoms with van der Waals surface area (Å²) < 4.78 is 10.5. The van der Waals surface area contributed by atoms with E-state index in [1.54, 1.807) is 49.6 Å².